The second kappa shape index (κ2) is 15.3. The minimum Gasteiger partial charge on any atom is -0.390 e. The van der Waals surface area contributed by atoms with E-state index in [0.29, 0.717) is 51.0 Å². The molecule has 3 aliphatic heterocycles. The molecule has 3 amide bonds. The Morgan fingerprint density at radius 1 is 1.02 bits per heavy atom. The Bertz CT molecular complexity index is 1260. The molecule has 2 aromatic rings. The van der Waals surface area contributed by atoms with Crippen molar-refractivity contribution in [2.75, 3.05) is 39.9 Å². The standard InChI is InChI=1S/C34H46N4O5.ClH/c1-3-4-17-38-32(41)29(30(39)27-13-20-43-21-14-27)36-33(42)34(38)15-18-37(19-16-34)23-26-7-5-24(6-8-26)22-25-9-11-28(12-10-25)31(40)35-2;/h5-12,27,29-30,39H,3-4,13-23H2,1-2H3,(H,35,40)(H,36,42);1H/t29-,30-;/m1./s1. The molecule has 0 aliphatic carbocycles. The number of piperidine rings is 1. The van der Waals surface area contributed by atoms with Gasteiger partial charge in [-0.1, -0.05) is 49.7 Å². The normalized spacial score (nSPS) is 21.4. The summed E-state index contributed by atoms with van der Waals surface area (Å²) in [5.74, 6) is -0.392. The number of unbranched alkanes of at least 4 members (excludes halogenated alkanes) is 1. The third kappa shape index (κ3) is 7.45. The fourth-order valence-electron chi connectivity index (χ4n) is 6.79. The van der Waals surface area contributed by atoms with Gasteiger partial charge in [0.15, 0.2) is 0 Å². The van der Waals surface area contributed by atoms with Crippen molar-refractivity contribution < 1.29 is 24.2 Å². The second-order valence-corrected chi connectivity index (χ2v) is 12.3. The number of aliphatic hydroxyl groups is 1. The first-order valence-electron chi connectivity index (χ1n) is 15.8. The molecule has 0 aromatic heterocycles. The Hall–Kier alpha value is -2.98. The number of amides is 3. The second-order valence-electron chi connectivity index (χ2n) is 12.3. The van der Waals surface area contributed by atoms with E-state index in [4.69, 9.17) is 4.74 Å². The summed E-state index contributed by atoms with van der Waals surface area (Å²) in [5.41, 5.74) is 3.36. The third-order valence-electron chi connectivity index (χ3n) is 9.55. The highest BCUT2D eigenvalue weighted by atomic mass is 35.5. The van der Waals surface area contributed by atoms with E-state index < -0.39 is 17.7 Å². The van der Waals surface area contributed by atoms with Gasteiger partial charge >= 0.3 is 0 Å². The van der Waals surface area contributed by atoms with Crippen LogP contribution in [0.1, 0.15) is 72.5 Å². The minimum absolute atomic E-state index is 0. The lowest BCUT2D eigenvalue weighted by Gasteiger charge is -2.52. The van der Waals surface area contributed by atoms with E-state index in [9.17, 15) is 19.5 Å². The predicted molar refractivity (Wildman–Crippen MR) is 172 cm³/mol. The number of carbonyl (C=O) groups is 3. The number of piperazine rings is 1. The van der Waals surface area contributed by atoms with Crippen LogP contribution in [0.3, 0.4) is 0 Å². The average Bonchev–Trinajstić information content (AvgIpc) is 3.04. The fraction of sp³-hybridized carbons (Fsp3) is 0.559. The van der Waals surface area contributed by atoms with E-state index in [0.717, 1.165) is 44.5 Å². The monoisotopic (exact) mass is 626 g/mol. The first-order chi connectivity index (χ1) is 20.8. The molecule has 0 radical (unpaired) electrons. The van der Waals surface area contributed by atoms with Crippen molar-refractivity contribution in [3.05, 3.63) is 70.8 Å². The summed E-state index contributed by atoms with van der Waals surface area (Å²) in [6.07, 6.45) is 4.21. The van der Waals surface area contributed by atoms with Gasteiger partial charge in [-0.05, 0) is 73.3 Å². The Labute approximate surface area is 267 Å². The fourth-order valence-corrected chi connectivity index (χ4v) is 6.79. The first-order valence-corrected chi connectivity index (χ1v) is 15.8. The van der Waals surface area contributed by atoms with Crippen molar-refractivity contribution in [2.45, 2.75) is 76.1 Å². The molecular weight excluding hydrogens is 580 g/mol. The van der Waals surface area contributed by atoms with Gasteiger partial charge in [0.2, 0.25) is 11.8 Å². The van der Waals surface area contributed by atoms with Crippen LogP contribution in [0.4, 0.5) is 0 Å². The van der Waals surface area contributed by atoms with Gasteiger partial charge < -0.3 is 25.4 Å². The largest absolute Gasteiger partial charge is 0.390 e. The van der Waals surface area contributed by atoms with Crippen LogP contribution in [-0.2, 0) is 27.3 Å². The van der Waals surface area contributed by atoms with E-state index >= 15 is 0 Å². The number of likely N-dealkylation sites (tertiary alicyclic amines) is 1. The van der Waals surface area contributed by atoms with Crippen LogP contribution in [0.5, 0.6) is 0 Å². The summed E-state index contributed by atoms with van der Waals surface area (Å²) >= 11 is 0. The topological polar surface area (TPSA) is 111 Å². The van der Waals surface area contributed by atoms with Gasteiger partial charge in [0.05, 0.1) is 6.10 Å². The number of benzene rings is 2. The van der Waals surface area contributed by atoms with Gasteiger partial charge in [0, 0.05) is 52.0 Å². The zero-order valence-electron chi connectivity index (χ0n) is 25.9. The van der Waals surface area contributed by atoms with Crippen molar-refractivity contribution in [3.8, 4) is 0 Å². The van der Waals surface area contributed by atoms with Crippen LogP contribution in [0.15, 0.2) is 48.5 Å². The summed E-state index contributed by atoms with van der Waals surface area (Å²) in [4.78, 5) is 43.5. The molecule has 0 saturated carbocycles. The number of aliphatic hydroxyl groups excluding tert-OH is 1. The Kier molecular flexibility index (Phi) is 11.8. The van der Waals surface area contributed by atoms with Crippen LogP contribution in [0, 0.1) is 5.92 Å². The van der Waals surface area contributed by atoms with Crippen molar-refractivity contribution in [1.29, 1.82) is 0 Å². The lowest BCUT2D eigenvalue weighted by atomic mass is 9.79. The lowest BCUT2D eigenvalue weighted by molar-refractivity contribution is -0.166. The van der Waals surface area contributed by atoms with Crippen molar-refractivity contribution in [2.24, 2.45) is 5.92 Å². The average molecular weight is 627 g/mol. The summed E-state index contributed by atoms with van der Waals surface area (Å²) in [6, 6.07) is 15.4. The van der Waals surface area contributed by atoms with Crippen LogP contribution in [-0.4, -0.2) is 90.2 Å². The first kappa shape index (κ1) is 33.9. The number of rotatable bonds is 10. The molecule has 1 spiro atoms. The highest BCUT2D eigenvalue weighted by Gasteiger charge is 2.55. The molecule has 3 saturated heterocycles. The molecule has 3 heterocycles. The molecule has 0 bridgehead atoms. The van der Waals surface area contributed by atoms with E-state index in [1.165, 1.54) is 11.1 Å². The van der Waals surface area contributed by atoms with Crippen LogP contribution < -0.4 is 10.6 Å². The summed E-state index contributed by atoms with van der Waals surface area (Å²) in [6.45, 7) is 6.00. The zero-order valence-corrected chi connectivity index (χ0v) is 26.7. The molecule has 5 rings (SSSR count). The molecule has 2 aromatic carbocycles. The molecule has 3 fully saturated rings. The summed E-state index contributed by atoms with van der Waals surface area (Å²) in [5, 5.41) is 16.7. The van der Waals surface area contributed by atoms with Gasteiger partial charge in [0.25, 0.3) is 5.91 Å². The predicted octanol–water partition coefficient (Wildman–Crippen LogP) is 3.31. The van der Waals surface area contributed by atoms with E-state index in [-0.39, 0.29) is 36.0 Å². The Morgan fingerprint density at radius 3 is 2.20 bits per heavy atom. The molecule has 9 nitrogen and oxygen atoms in total. The molecule has 2 atom stereocenters. The van der Waals surface area contributed by atoms with E-state index in [1.807, 2.05) is 29.2 Å². The number of nitrogens with zero attached hydrogens (tertiary/aromatic N) is 2. The van der Waals surface area contributed by atoms with Gasteiger partial charge in [-0.3, -0.25) is 19.3 Å². The van der Waals surface area contributed by atoms with Crippen molar-refractivity contribution >= 4 is 30.1 Å². The van der Waals surface area contributed by atoms with Crippen LogP contribution >= 0.6 is 12.4 Å². The van der Waals surface area contributed by atoms with Crippen LogP contribution in [0.25, 0.3) is 0 Å². The number of ether oxygens (including phenoxy) is 1. The third-order valence-corrected chi connectivity index (χ3v) is 9.55. The number of hydrogen-bond donors (Lipinski definition) is 3. The highest BCUT2D eigenvalue weighted by Crippen LogP contribution is 2.35. The number of hydrogen-bond acceptors (Lipinski definition) is 6. The van der Waals surface area contributed by atoms with Gasteiger partial charge in [-0.2, -0.15) is 0 Å². The summed E-state index contributed by atoms with van der Waals surface area (Å²) in [7, 11) is 1.63. The maximum absolute atomic E-state index is 13.8. The Balaban J connectivity index is 0.00000442. The zero-order chi connectivity index (χ0) is 30.4. The van der Waals surface area contributed by atoms with Crippen molar-refractivity contribution in [3.63, 3.8) is 0 Å². The molecule has 10 heteroatoms. The smallest absolute Gasteiger partial charge is 0.251 e. The van der Waals surface area contributed by atoms with Gasteiger partial charge in [0.1, 0.15) is 11.6 Å². The lowest BCUT2D eigenvalue weighted by Crippen LogP contribution is -2.75. The van der Waals surface area contributed by atoms with Crippen molar-refractivity contribution in [1.82, 2.24) is 20.4 Å². The van der Waals surface area contributed by atoms with E-state index in [2.05, 4.69) is 46.7 Å². The quantitative estimate of drug-likeness (QED) is 0.373. The van der Waals surface area contributed by atoms with Crippen LogP contribution in [0.2, 0.25) is 0 Å². The number of halogens is 1. The molecular formula is C34H47ClN4O5. The van der Waals surface area contributed by atoms with Gasteiger partial charge in [-0.15, -0.1) is 12.4 Å². The number of carbonyl (C=O) groups excluding carboxylic acids is 3. The molecule has 3 N–H and O–H groups in total. The summed E-state index contributed by atoms with van der Waals surface area (Å²) < 4.78 is 5.44. The molecule has 3 aliphatic rings. The molecule has 0 unspecified atom stereocenters. The minimum atomic E-state index is -0.896. The van der Waals surface area contributed by atoms with E-state index in [1.54, 1.807) is 7.05 Å². The maximum atomic E-state index is 13.8. The SMILES string of the molecule is CCCCN1C(=O)[C@@H]([C@H](O)C2CCOCC2)NC(=O)C12CCN(Cc1ccc(Cc3ccc(C(=O)NC)cc3)cc1)CC2.Cl. The number of nitrogens with one attached hydrogen (secondary N) is 2. The molecule has 240 valence electrons. The Morgan fingerprint density at radius 2 is 1.61 bits per heavy atom. The maximum Gasteiger partial charge on any atom is 0.251 e. The molecule has 44 heavy (non-hydrogen) atoms. The van der Waals surface area contributed by atoms with Gasteiger partial charge in [-0.25, -0.2) is 0 Å². The highest BCUT2D eigenvalue weighted by molar-refractivity contribution is 6.00.